The lowest BCUT2D eigenvalue weighted by Gasteiger charge is -2.14. The first-order valence-corrected chi connectivity index (χ1v) is 5.37. The molecule has 1 aliphatic carbocycles. The Morgan fingerprint density at radius 3 is 3.23 bits per heavy atom. The normalized spacial score (nSPS) is 22.7. The van der Waals surface area contributed by atoms with E-state index in [-0.39, 0.29) is 11.8 Å². The minimum atomic E-state index is -0.677. The number of carbonyl (C=O) groups is 1. The molecule has 2 atom stereocenters. The zero-order valence-corrected chi connectivity index (χ0v) is 8.30. The first kappa shape index (κ1) is 8.75. The molecule has 1 aromatic rings. The first-order chi connectivity index (χ1) is 6.20. The minimum absolute atomic E-state index is 0.240. The van der Waals surface area contributed by atoms with Crippen molar-refractivity contribution in [2.75, 3.05) is 0 Å². The highest BCUT2D eigenvalue weighted by molar-refractivity contribution is 7.10. The highest BCUT2D eigenvalue weighted by Crippen LogP contribution is 2.40. The van der Waals surface area contributed by atoms with Crippen LogP contribution in [0.5, 0.6) is 0 Å². The van der Waals surface area contributed by atoms with Crippen molar-refractivity contribution in [2.45, 2.75) is 25.7 Å². The Balaban J connectivity index is 2.25. The van der Waals surface area contributed by atoms with Gasteiger partial charge in [-0.2, -0.15) is 0 Å². The molecular formula is C10H12O2S. The smallest absolute Gasteiger partial charge is 0.306 e. The fourth-order valence-corrected chi connectivity index (χ4v) is 2.99. The molecule has 0 amide bonds. The number of carboxylic acids is 1. The van der Waals surface area contributed by atoms with Crippen molar-refractivity contribution in [3.8, 4) is 0 Å². The fraction of sp³-hybridized carbons (Fsp3) is 0.500. The van der Waals surface area contributed by atoms with Gasteiger partial charge in [-0.25, -0.2) is 0 Å². The summed E-state index contributed by atoms with van der Waals surface area (Å²) in [6.45, 7) is 1.81. The number of fused-ring (bicyclic) bond motifs is 1. The summed E-state index contributed by atoms with van der Waals surface area (Å²) in [5, 5.41) is 11.0. The first-order valence-electron chi connectivity index (χ1n) is 4.49. The van der Waals surface area contributed by atoms with E-state index < -0.39 is 5.97 Å². The van der Waals surface area contributed by atoms with Gasteiger partial charge in [-0.15, -0.1) is 11.3 Å². The van der Waals surface area contributed by atoms with Crippen molar-refractivity contribution in [1.82, 2.24) is 0 Å². The maximum Gasteiger partial charge on any atom is 0.306 e. The zero-order chi connectivity index (χ0) is 9.42. The Kier molecular flexibility index (Phi) is 2.12. The molecule has 70 valence electrons. The van der Waals surface area contributed by atoms with E-state index in [1.165, 1.54) is 10.4 Å². The molecule has 0 saturated carbocycles. The van der Waals surface area contributed by atoms with E-state index in [2.05, 4.69) is 11.4 Å². The summed E-state index contributed by atoms with van der Waals surface area (Å²) in [4.78, 5) is 12.2. The van der Waals surface area contributed by atoms with Gasteiger partial charge in [0.25, 0.3) is 0 Å². The molecule has 3 heteroatoms. The fourth-order valence-electron chi connectivity index (χ4n) is 2.02. The summed E-state index contributed by atoms with van der Waals surface area (Å²) in [6.07, 6.45) is 2.07. The number of rotatable bonds is 2. The van der Waals surface area contributed by atoms with Crippen LogP contribution in [0.3, 0.4) is 0 Å². The third-order valence-corrected chi connectivity index (χ3v) is 3.85. The van der Waals surface area contributed by atoms with E-state index in [0.717, 1.165) is 12.8 Å². The van der Waals surface area contributed by atoms with Gasteiger partial charge in [-0.05, 0) is 35.8 Å². The molecule has 0 saturated heterocycles. The third kappa shape index (κ3) is 1.37. The van der Waals surface area contributed by atoms with Crippen LogP contribution in [0.1, 0.15) is 29.7 Å². The van der Waals surface area contributed by atoms with E-state index in [4.69, 9.17) is 5.11 Å². The van der Waals surface area contributed by atoms with Crippen molar-refractivity contribution >= 4 is 17.3 Å². The minimum Gasteiger partial charge on any atom is -0.481 e. The molecule has 1 aromatic heterocycles. The molecule has 1 heterocycles. The number of thiophene rings is 1. The van der Waals surface area contributed by atoms with Crippen LogP contribution in [0.2, 0.25) is 0 Å². The standard InChI is InChI=1S/C10H12O2S/c1-6(10(11)12)7-2-3-9-8(7)4-5-13-9/h4-7H,2-3H2,1H3,(H,11,12). The number of aliphatic carboxylic acids is 1. The summed E-state index contributed by atoms with van der Waals surface area (Å²) in [5.74, 6) is -0.668. The Morgan fingerprint density at radius 2 is 2.54 bits per heavy atom. The molecule has 0 aliphatic heterocycles. The van der Waals surface area contributed by atoms with Crippen LogP contribution in [0.4, 0.5) is 0 Å². The lowest BCUT2D eigenvalue weighted by atomic mass is 9.90. The number of hydrogen-bond donors (Lipinski definition) is 1. The molecule has 13 heavy (non-hydrogen) atoms. The Morgan fingerprint density at radius 1 is 1.77 bits per heavy atom. The second-order valence-electron chi connectivity index (χ2n) is 3.57. The quantitative estimate of drug-likeness (QED) is 0.789. The maximum absolute atomic E-state index is 10.8. The lowest BCUT2D eigenvalue weighted by Crippen LogP contribution is -2.16. The topological polar surface area (TPSA) is 37.3 Å². The summed E-state index contributed by atoms with van der Waals surface area (Å²) in [6, 6.07) is 2.08. The molecule has 0 spiro atoms. The molecule has 0 radical (unpaired) electrons. The monoisotopic (exact) mass is 196 g/mol. The summed E-state index contributed by atoms with van der Waals surface area (Å²) in [7, 11) is 0. The number of hydrogen-bond acceptors (Lipinski definition) is 2. The number of carboxylic acid groups (broad SMARTS) is 1. The van der Waals surface area contributed by atoms with Gasteiger partial charge < -0.3 is 5.11 Å². The van der Waals surface area contributed by atoms with Crippen molar-refractivity contribution in [3.05, 3.63) is 21.9 Å². The van der Waals surface area contributed by atoms with E-state index in [1.807, 2.05) is 0 Å². The summed E-state index contributed by atoms with van der Waals surface area (Å²) >= 11 is 1.75. The van der Waals surface area contributed by atoms with Gasteiger partial charge in [0.1, 0.15) is 0 Å². The second-order valence-corrected chi connectivity index (χ2v) is 4.57. The lowest BCUT2D eigenvalue weighted by molar-refractivity contribution is -0.141. The molecule has 1 N–H and O–H groups in total. The highest BCUT2D eigenvalue weighted by atomic mass is 32.1. The average Bonchev–Trinajstić information content (AvgIpc) is 2.61. The van der Waals surface area contributed by atoms with Gasteiger partial charge in [-0.3, -0.25) is 4.79 Å². The predicted octanol–water partition coefficient (Wildman–Crippen LogP) is 2.50. The SMILES string of the molecule is CC(C(=O)O)C1CCc2sccc21. The van der Waals surface area contributed by atoms with Crippen LogP contribution >= 0.6 is 11.3 Å². The van der Waals surface area contributed by atoms with Crippen LogP contribution in [0, 0.1) is 5.92 Å². The predicted molar refractivity (Wildman–Crippen MR) is 52.2 cm³/mol. The summed E-state index contributed by atoms with van der Waals surface area (Å²) in [5.41, 5.74) is 1.28. The average molecular weight is 196 g/mol. The van der Waals surface area contributed by atoms with E-state index in [0.29, 0.717) is 0 Å². The van der Waals surface area contributed by atoms with Gasteiger partial charge in [0.15, 0.2) is 0 Å². The van der Waals surface area contributed by atoms with E-state index >= 15 is 0 Å². The Bertz CT molecular complexity index is 329. The molecule has 0 bridgehead atoms. The molecule has 0 aromatic carbocycles. The highest BCUT2D eigenvalue weighted by Gasteiger charge is 2.31. The molecule has 2 nitrogen and oxygen atoms in total. The molecule has 2 unspecified atom stereocenters. The maximum atomic E-state index is 10.8. The second kappa shape index (κ2) is 3.14. The zero-order valence-electron chi connectivity index (χ0n) is 7.49. The van der Waals surface area contributed by atoms with Crippen molar-refractivity contribution < 1.29 is 9.90 Å². The molecular weight excluding hydrogens is 184 g/mol. The van der Waals surface area contributed by atoms with Gasteiger partial charge in [-0.1, -0.05) is 6.92 Å². The van der Waals surface area contributed by atoms with Crippen LogP contribution in [-0.2, 0) is 11.2 Å². The Labute approximate surface area is 81.2 Å². The van der Waals surface area contributed by atoms with Gasteiger partial charge >= 0.3 is 5.97 Å². The van der Waals surface area contributed by atoms with Crippen LogP contribution in [-0.4, -0.2) is 11.1 Å². The van der Waals surface area contributed by atoms with Gasteiger partial charge in [0.05, 0.1) is 5.92 Å². The summed E-state index contributed by atoms with van der Waals surface area (Å²) < 4.78 is 0. The van der Waals surface area contributed by atoms with E-state index in [9.17, 15) is 4.79 Å². The molecule has 0 fully saturated rings. The van der Waals surface area contributed by atoms with Crippen molar-refractivity contribution in [1.29, 1.82) is 0 Å². The molecule has 2 rings (SSSR count). The van der Waals surface area contributed by atoms with Gasteiger partial charge in [0, 0.05) is 4.88 Å². The van der Waals surface area contributed by atoms with Gasteiger partial charge in [0.2, 0.25) is 0 Å². The van der Waals surface area contributed by atoms with Crippen molar-refractivity contribution in [2.24, 2.45) is 5.92 Å². The molecule has 1 aliphatic rings. The van der Waals surface area contributed by atoms with E-state index in [1.54, 1.807) is 18.3 Å². The van der Waals surface area contributed by atoms with Crippen LogP contribution < -0.4 is 0 Å². The van der Waals surface area contributed by atoms with Crippen LogP contribution in [0.15, 0.2) is 11.4 Å². The van der Waals surface area contributed by atoms with Crippen LogP contribution in [0.25, 0.3) is 0 Å². The van der Waals surface area contributed by atoms with Crippen molar-refractivity contribution in [3.63, 3.8) is 0 Å². The Hall–Kier alpha value is -0.830. The largest absolute Gasteiger partial charge is 0.481 e. The third-order valence-electron chi connectivity index (χ3n) is 2.85. The number of aryl methyl sites for hydroxylation is 1.